The zero-order valence-electron chi connectivity index (χ0n) is 19.3. The second kappa shape index (κ2) is 11.1. The smallest absolute Gasteiger partial charge is 0.266 e. The molecule has 0 saturated heterocycles. The van der Waals surface area contributed by atoms with Crippen LogP contribution in [0.1, 0.15) is 11.1 Å². The number of methoxy groups -OCH3 is 1. The van der Waals surface area contributed by atoms with Crippen molar-refractivity contribution < 1.29 is 9.53 Å². The normalized spacial score (nSPS) is 11.0. The van der Waals surface area contributed by atoms with Crippen molar-refractivity contribution >= 4 is 28.6 Å². The monoisotopic (exact) mass is 473 g/mol. The minimum absolute atomic E-state index is 0.0382. The first kappa shape index (κ1) is 23.7. The average molecular weight is 474 g/mol. The maximum Gasteiger partial charge on any atom is 0.266 e. The molecule has 3 aromatic carbocycles. The number of aromatic nitrogens is 2. The van der Waals surface area contributed by atoms with Crippen LogP contribution in [0, 0.1) is 6.92 Å². The Morgan fingerprint density at radius 3 is 2.44 bits per heavy atom. The van der Waals surface area contributed by atoms with Gasteiger partial charge in [-0.2, -0.15) is 0 Å². The number of fused-ring (bicyclic) bond motifs is 1. The van der Waals surface area contributed by atoms with E-state index in [2.05, 4.69) is 0 Å². The van der Waals surface area contributed by atoms with Crippen LogP contribution in [0.3, 0.4) is 0 Å². The lowest BCUT2D eigenvalue weighted by Gasteiger charge is -2.23. The SMILES string of the molecule is COCCN(Cc1ccccc1)C(=O)CSc1nc2ccccc2c(=O)n1-c1ccc(C)cc1. The predicted molar refractivity (Wildman–Crippen MR) is 137 cm³/mol. The van der Waals surface area contributed by atoms with E-state index in [9.17, 15) is 9.59 Å². The van der Waals surface area contributed by atoms with Crippen LogP contribution in [0.2, 0.25) is 0 Å². The number of ether oxygens (including phenoxy) is 1. The summed E-state index contributed by atoms with van der Waals surface area (Å²) in [4.78, 5) is 33.1. The van der Waals surface area contributed by atoms with Crippen molar-refractivity contribution in [2.24, 2.45) is 0 Å². The zero-order chi connectivity index (χ0) is 23.9. The fourth-order valence-corrected chi connectivity index (χ4v) is 4.56. The Kier molecular flexibility index (Phi) is 7.77. The Bertz CT molecular complexity index is 1320. The molecule has 0 radical (unpaired) electrons. The largest absolute Gasteiger partial charge is 0.383 e. The van der Waals surface area contributed by atoms with E-state index in [1.165, 1.54) is 11.8 Å². The Labute approximate surface area is 203 Å². The number of hydrogen-bond acceptors (Lipinski definition) is 5. The van der Waals surface area contributed by atoms with Crippen molar-refractivity contribution in [1.82, 2.24) is 14.5 Å². The van der Waals surface area contributed by atoms with E-state index in [1.54, 1.807) is 22.6 Å². The van der Waals surface area contributed by atoms with Gasteiger partial charge in [0.15, 0.2) is 5.16 Å². The van der Waals surface area contributed by atoms with Gasteiger partial charge in [0, 0.05) is 20.2 Å². The molecule has 0 unspecified atom stereocenters. The molecule has 0 atom stereocenters. The summed E-state index contributed by atoms with van der Waals surface area (Å²) in [5, 5.41) is 1.04. The van der Waals surface area contributed by atoms with E-state index in [4.69, 9.17) is 9.72 Å². The number of rotatable bonds is 9. The summed E-state index contributed by atoms with van der Waals surface area (Å²) in [5.41, 5.74) is 3.35. The Morgan fingerprint density at radius 1 is 1.00 bits per heavy atom. The van der Waals surface area contributed by atoms with Crippen molar-refractivity contribution in [3.8, 4) is 5.69 Å². The first-order valence-electron chi connectivity index (χ1n) is 11.1. The average Bonchev–Trinajstić information content (AvgIpc) is 2.86. The lowest BCUT2D eigenvalue weighted by atomic mass is 10.2. The fourth-order valence-electron chi connectivity index (χ4n) is 3.65. The van der Waals surface area contributed by atoms with Gasteiger partial charge in [-0.05, 0) is 36.8 Å². The van der Waals surface area contributed by atoms with Crippen LogP contribution >= 0.6 is 11.8 Å². The molecule has 0 aliphatic heterocycles. The molecule has 0 N–H and O–H groups in total. The molecule has 0 bridgehead atoms. The summed E-state index contributed by atoms with van der Waals surface area (Å²) < 4.78 is 6.81. The van der Waals surface area contributed by atoms with Crippen LogP contribution < -0.4 is 5.56 Å². The van der Waals surface area contributed by atoms with E-state index in [-0.39, 0.29) is 17.2 Å². The van der Waals surface area contributed by atoms with E-state index < -0.39 is 0 Å². The molecule has 1 heterocycles. The number of thioether (sulfide) groups is 1. The van der Waals surface area contributed by atoms with Gasteiger partial charge >= 0.3 is 0 Å². The Morgan fingerprint density at radius 2 is 1.71 bits per heavy atom. The number of hydrogen-bond donors (Lipinski definition) is 0. The highest BCUT2D eigenvalue weighted by molar-refractivity contribution is 7.99. The van der Waals surface area contributed by atoms with Gasteiger partial charge in [0.25, 0.3) is 5.56 Å². The number of benzene rings is 3. The number of nitrogens with zero attached hydrogens (tertiary/aromatic N) is 3. The van der Waals surface area contributed by atoms with Gasteiger partial charge in [-0.3, -0.25) is 14.2 Å². The minimum Gasteiger partial charge on any atom is -0.383 e. The highest BCUT2D eigenvalue weighted by Crippen LogP contribution is 2.22. The maximum absolute atomic E-state index is 13.4. The lowest BCUT2D eigenvalue weighted by molar-refractivity contribution is -0.129. The van der Waals surface area contributed by atoms with E-state index in [1.807, 2.05) is 79.7 Å². The van der Waals surface area contributed by atoms with Gasteiger partial charge in [-0.1, -0.05) is 71.9 Å². The van der Waals surface area contributed by atoms with Crippen LogP contribution in [0.15, 0.2) is 88.8 Å². The minimum atomic E-state index is -0.148. The topological polar surface area (TPSA) is 64.4 Å². The van der Waals surface area contributed by atoms with Crippen LogP contribution in [-0.2, 0) is 16.1 Å². The highest BCUT2D eigenvalue weighted by atomic mass is 32.2. The van der Waals surface area contributed by atoms with Crippen molar-refractivity contribution in [2.75, 3.05) is 26.0 Å². The molecule has 4 rings (SSSR count). The second-order valence-corrected chi connectivity index (χ2v) is 8.91. The molecule has 174 valence electrons. The molecule has 7 heteroatoms. The summed E-state index contributed by atoms with van der Waals surface area (Å²) >= 11 is 1.28. The van der Waals surface area contributed by atoms with Gasteiger partial charge < -0.3 is 9.64 Å². The molecule has 34 heavy (non-hydrogen) atoms. The zero-order valence-corrected chi connectivity index (χ0v) is 20.1. The fraction of sp³-hybridized carbons (Fsp3) is 0.222. The predicted octanol–water partition coefficient (Wildman–Crippen LogP) is 4.46. The molecule has 1 aromatic heterocycles. The summed E-state index contributed by atoms with van der Waals surface area (Å²) in [6.45, 7) is 3.44. The molecule has 6 nitrogen and oxygen atoms in total. The van der Waals surface area contributed by atoms with Crippen molar-refractivity contribution in [2.45, 2.75) is 18.6 Å². The van der Waals surface area contributed by atoms with Crippen molar-refractivity contribution in [1.29, 1.82) is 0 Å². The molecule has 1 amide bonds. The lowest BCUT2D eigenvalue weighted by Crippen LogP contribution is -2.35. The van der Waals surface area contributed by atoms with Crippen LogP contribution in [0.5, 0.6) is 0 Å². The number of carbonyl (C=O) groups is 1. The Balaban J connectivity index is 1.63. The van der Waals surface area contributed by atoms with Gasteiger partial charge in [0.05, 0.1) is 29.0 Å². The van der Waals surface area contributed by atoms with E-state index >= 15 is 0 Å². The van der Waals surface area contributed by atoms with Gasteiger partial charge in [0.1, 0.15) is 0 Å². The Hall–Kier alpha value is -3.42. The molecular weight excluding hydrogens is 446 g/mol. The van der Waals surface area contributed by atoms with Crippen molar-refractivity contribution in [3.63, 3.8) is 0 Å². The van der Waals surface area contributed by atoms with Gasteiger partial charge in [-0.25, -0.2) is 4.98 Å². The number of amides is 1. The quantitative estimate of drug-likeness (QED) is 0.265. The van der Waals surface area contributed by atoms with Gasteiger partial charge in [0.2, 0.25) is 5.91 Å². The number of para-hydroxylation sites is 1. The molecule has 0 fully saturated rings. The highest BCUT2D eigenvalue weighted by Gasteiger charge is 2.18. The third-order valence-electron chi connectivity index (χ3n) is 5.50. The number of aryl methyl sites for hydroxylation is 1. The standard InChI is InChI=1S/C27H27N3O3S/c1-20-12-14-22(15-13-20)30-26(32)23-10-6-7-11-24(23)28-27(30)34-19-25(31)29(16-17-33-2)18-21-8-4-3-5-9-21/h3-15H,16-19H2,1-2H3. The molecule has 4 aromatic rings. The van der Waals surface area contributed by atoms with Crippen LogP contribution in [-0.4, -0.2) is 46.4 Å². The number of carbonyl (C=O) groups excluding carboxylic acids is 1. The summed E-state index contributed by atoms with van der Waals surface area (Å²) in [6, 6.07) is 24.9. The summed E-state index contributed by atoms with van der Waals surface area (Å²) in [7, 11) is 1.62. The van der Waals surface area contributed by atoms with E-state index in [0.29, 0.717) is 35.8 Å². The molecule has 0 aliphatic carbocycles. The van der Waals surface area contributed by atoms with Gasteiger partial charge in [-0.15, -0.1) is 0 Å². The van der Waals surface area contributed by atoms with Crippen LogP contribution in [0.25, 0.3) is 16.6 Å². The molecule has 0 saturated carbocycles. The van der Waals surface area contributed by atoms with Crippen molar-refractivity contribution in [3.05, 3.63) is 100 Å². The first-order chi connectivity index (χ1) is 16.6. The van der Waals surface area contributed by atoms with Crippen LogP contribution in [0.4, 0.5) is 0 Å². The summed E-state index contributed by atoms with van der Waals surface area (Å²) in [6.07, 6.45) is 0. The molecule has 0 aliphatic rings. The molecule has 0 spiro atoms. The van der Waals surface area contributed by atoms with E-state index in [0.717, 1.165) is 16.8 Å². The summed E-state index contributed by atoms with van der Waals surface area (Å²) in [5.74, 6) is 0.122. The third kappa shape index (κ3) is 5.55. The maximum atomic E-state index is 13.4. The molecular formula is C27H27N3O3S. The third-order valence-corrected chi connectivity index (χ3v) is 6.42. The first-order valence-corrected chi connectivity index (χ1v) is 12.1. The second-order valence-electron chi connectivity index (χ2n) is 7.97.